The van der Waals surface area contributed by atoms with E-state index in [0.29, 0.717) is 5.89 Å². The van der Waals surface area contributed by atoms with Crippen LogP contribution in [0.1, 0.15) is 5.89 Å². The highest BCUT2D eigenvalue weighted by Gasteiger charge is 2.06. The Bertz CT molecular complexity index is 891. The van der Waals surface area contributed by atoms with E-state index in [1.54, 1.807) is 10.7 Å². The van der Waals surface area contributed by atoms with Gasteiger partial charge in [-0.15, -0.1) is 0 Å². The van der Waals surface area contributed by atoms with Gasteiger partial charge >= 0.3 is 0 Å². The lowest BCUT2D eigenvalue weighted by Crippen LogP contribution is -1.92. The molecule has 19 heavy (non-hydrogen) atoms. The van der Waals surface area contributed by atoms with Crippen molar-refractivity contribution in [1.82, 2.24) is 19.6 Å². The number of aryl methyl sites for hydroxylation is 1. The molecule has 1 aromatic carbocycles. The third kappa shape index (κ3) is 1.59. The Morgan fingerprint density at radius 2 is 2.11 bits per heavy atom. The fraction of sp³-hybridized carbons (Fsp3) is 0.0714. The molecule has 0 aliphatic heterocycles. The Hall–Kier alpha value is -2.69. The Balaban J connectivity index is 1.91. The summed E-state index contributed by atoms with van der Waals surface area (Å²) in [6, 6.07) is 9.79. The lowest BCUT2D eigenvalue weighted by Gasteiger charge is -2.01. The highest BCUT2D eigenvalue weighted by molar-refractivity contribution is 5.79. The molecule has 0 atom stereocenters. The number of rotatable bonds is 1. The van der Waals surface area contributed by atoms with Crippen molar-refractivity contribution in [3.8, 4) is 11.3 Å². The number of benzene rings is 1. The van der Waals surface area contributed by atoms with Crippen LogP contribution >= 0.6 is 0 Å². The van der Waals surface area contributed by atoms with Crippen molar-refractivity contribution < 1.29 is 4.42 Å². The van der Waals surface area contributed by atoms with Crippen LogP contribution in [0, 0.1) is 6.92 Å². The molecule has 0 unspecified atom stereocenters. The molecule has 0 radical (unpaired) electrons. The molecule has 0 bridgehead atoms. The minimum Gasteiger partial charge on any atom is -0.441 e. The van der Waals surface area contributed by atoms with Gasteiger partial charge in [-0.05, 0) is 24.3 Å². The third-order valence-electron chi connectivity index (χ3n) is 3.05. The maximum Gasteiger partial charge on any atom is 0.192 e. The summed E-state index contributed by atoms with van der Waals surface area (Å²) >= 11 is 0. The molecule has 5 heteroatoms. The van der Waals surface area contributed by atoms with Gasteiger partial charge in [0, 0.05) is 24.9 Å². The second-order valence-electron chi connectivity index (χ2n) is 4.36. The Morgan fingerprint density at radius 3 is 3.05 bits per heavy atom. The lowest BCUT2D eigenvalue weighted by atomic mass is 10.1. The third-order valence-corrected chi connectivity index (χ3v) is 3.05. The van der Waals surface area contributed by atoms with E-state index in [-0.39, 0.29) is 0 Å². The second kappa shape index (κ2) is 3.65. The summed E-state index contributed by atoms with van der Waals surface area (Å²) in [5, 5.41) is 4.51. The summed E-state index contributed by atoms with van der Waals surface area (Å²) < 4.78 is 7.30. The fourth-order valence-electron chi connectivity index (χ4n) is 2.17. The van der Waals surface area contributed by atoms with Gasteiger partial charge in [-0.3, -0.25) is 0 Å². The molecule has 0 N–H and O–H groups in total. The molecule has 4 rings (SSSR count). The van der Waals surface area contributed by atoms with Gasteiger partial charge in [-0.2, -0.15) is 5.10 Å². The zero-order valence-corrected chi connectivity index (χ0v) is 10.2. The first-order valence-corrected chi connectivity index (χ1v) is 5.97. The van der Waals surface area contributed by atoms with Crippen LogP contribution in [0.3, 0.4) is 0 Å². The van der Waals surface area contributed by atoms with Crippen LogP contribution in [-0.4, -0.2) is 19.6 Å². The average molecular weight is 250 g/mol. The van der Waals surface area contributed by atoms with Crippen LogP contribution in [0.2, 0.25) is 0 Å². The van der Waals surface area contributed by atoms with Gasteiger partial charge in [-0.25, -0.2) is 14.5 Å². The second-order valence-corrected chi connectivity index (χ2v) is 4.36. The molecule has 0 aliphatic rings. The highest BCUT2D eigenvalue weighted by atomic mass is 16.3. The Labute approximate surface area is 108 Å². The van der Waals surface area contributed by atoms with Crippen molar-refractivity contribution in [3.63, 3.8) is 0 Å². The SMILES string of the molecule is Cc1nc2ccc(-c3ccc4nccn4n3)cc2o1. The van der Waals surface area contributed by atoms with Gasteiger partial charge in [0.05, 0.1) is 5.69 Å². The van der Waals surface area contributed by atoms with E-state index in [9.17, 15) is 0 Å². The van der Waals surface area contributed by atoms with Gasteiger partial charge < -0.3 is 4.42 Å². The number of aromatic nitrogens is 4. The molecule has 5 nitrogen and oxygen atoms in total. The summed E-state index contributed by atoms with van der Waals surface area (Å²) in [6.45, 7) is 1.84. The Kier molecular flexibility index (Phi) is 1.97. The van der Waals surface area contributed by atoms with Gasteiger partial charge in [0.25, 0.3) is 0 Å². The van der Waals surface area contributed by atoms with Crippen molar-refractivity contribution >= 4 is 16.7 Å². The van der Waals surface area contributed by atoms with Crippen molar-refractivity contribution in [1.29, 1.82) is 0 Å². The summed E-state index contributed by atoms with van der Waals surface area (Å²) in [5.74, 6) is 0.671. The van der Waals surface area contributed by atoms with Crippen molar-refractivity contribution in [2.75, 3.05) is 0 Å². The maximum atomic E-state index is 5.54. The smallest absolute Gasteiger partial charge is 0.192 e. The fourth-order valence-corrected chi connectivity index (χ4v) is 2.17. The predicted octanol–water partition coefficient (Wildman–Crippen LogP) is 2.85. The first kappa shape index (κ1) is 10.3. The first-order chi connectivity index (χ1) is 9.29. The summed E-state index contributed by atoms with van der Waals surface area (Å²) in [5.41, 5.74) is 4.36. The zero-order valence-electron chi connectivity index (χ0n) is 10.2. The molecule has 0 fully saturated rings. The van der Waals surface area contributed by atoms with Crippen molar-refractivity contribution in [3.05, 3.63) is 48.6 Å². The van der Waals surface area contributed by atoms with Gasteiger partial charge in [0.2, 0.25) is 0 Å². The van der Waals surface area contributed by atoms with E-state index in [2.05, 4.69) is 15.1 Å². The Morgan fingerprint density at radius 1 is 1.16 bits per heavy atom. The van der Waals surface area contributed by atoms with Crippen LogP contribution < -0.4 is 0 Å². The normalized spacial score (nSPS) is 11.4. The van der Waals surface area contributed by atoms with E-state index >= 15 is 0 Å². The summed E-state index contributed by atoms with van der Waals surface area (Å²) in [7, 11) is 0. The summed E-state index contributed by atoms with van der Waals surface area (Å²) in [6.07, 6.45) is 3.56. The molecule has 0 aliphatic carbocycles. The number of hydrogen-bond donors (Lipinski definition) is 0. The van der Waals surface area contributed by atoms with Crippen LogP contribution in [-0.2, 0) is 0 Å². The van der Waals surface area contributed by atoms with E-state index < -0.39 is 0 Å². The van der Waals surface area contributed by atoms with E-state index in [1.807, 2.05) is 43.5 Å². The van der Waals surface area contributed by atoms with Crippen LogP contribution in [0.5, 0.6) is 0 Å². The summed E-state index contributed by atoms with van der Waals surface area (Å²) in [4.78, 5) is 8.47. The largest absolute Gasteiger partial charge is 0.441 e. The number of oxazole rings is 1. The zero-order chi connectivity index (χ0) is 12.8. The van der Waals surface area contributed by atoms with E-state index in [1.165, 1.54) is 0 Å². The molecule has 3 aromatic heterocycles. The standard InChI is InChI=1S/C14H10N4O/c1-9-16-12-3-2-10(8-13(12)19-9)11-4-5-14-15-6-7-18(14)17-11/h2-8H,1H3. The molecule has 0 saturated carbocycles. The van der Waals surface area contributed by atoms with Gasteiger partial charge in [-0.1, -0.05) is 6.07 Å². The maximum absolute atomic E-state index is 5.54. The molecule has 0 saturated heterocycles. The van der Waals surface area contributed by atoms with E-state index in [4.69, 9.17) is 4.42 Å². The monoisotopic (exact) mass is 250 g/mol. The minimum absolute atomic E-state index is 0.671. The van der Waals surface area contributed by atoms with Gasteiger partial charge in [0.1, 0.15) is 5.52 Å². The topological polar surface area (TPSA) is 56.2 Å². The number of hydrogen-bond acceptors (Lipinski definition) is 4. The molecule has 0 spiro atoms. The minimum atomic E-state index is 0.671. The number of fused-ring (bicyclic) bond motifs is 2. The number of imidazole rings is 1. The molecular weight excluding hydrogens is 240 g/mol. The first-order valence-electron chi connectivity index (χ1n) is 5.97. The van der Waals surface area contributed by atoms with Crippen molar-refractivity contribution in [2.24, 2.45) is 0 Å². The quantitative estimate of drug-likeness (QED) is 0.521. The lowest BCUT2D eigenvalue weighted by molar-refractivity contribution is 0.561. The predicted molar refractivity (Wildman–Crippen MR) is 70.7 cm³/mol. The molecule has 0 amide bonds. The molecular formula is C14H10N4O. The average Bonchev–Trinajstić information content (AvgIpc) is 3.01. The molecule has 92 valence electrons. The van der Waals surface area contributed by atoms with Crippen LogP contribution in [0.25, 0.3) is 28.0 Å². The van der Waals surface area contributed by atoms with E-state index in [0.717, 1.165) is 28.0 Å². The van der Waals surface area contributed by atoms with Gasteiger partial charge in [0.15, 0.2) is 17.1 Å². The number of nitrogens with zero attached hydrogens (tertiary/aromatic N) is 4. The molecule has 3 heterocycles. The van der Waals surface area contributed by atoms with Crippen molar-refractivity contribution in [2.45, 2.75) is 6.92 Å². The molecule has 4 aromatic rings. The highest BCUT2D eigenvalue weighted by Crippen LogP contribution is 2.23. The van der Waals surface area contributed by atoms with Crippen LogP contribution in [0.15, 0.2) is 47.1 Å². The van der Waals surface area contributed by atoms with Crippen LogP contribution in [0.4, 0.5) is 0 Å².